The first kappa shape index (κ1) is 14.9. The van der Waals surface area contributed by atoms with E-state index in [-0.39, 0.29) is 0 Å². The van der Waals surface area contributed by atoms with Crippen LogP contribution in [0, 0.1) is 6.92 Å². The van der Waals surface area contributed by atoms with Crippen molar-refractivity contribution < 1.29 is 4.74 Å². The smallest absolute Gasteiger partial charge is 0.127 e. The van der Waals surface area contributed by atoms with Crippen LogP contribution in [0.4, 0.5) is 5.69 Å². The summed E-state index contributed by atoms with van der Waals surface area (Å²) in [7, 11) is 1.63. The van der Waals surface area contributed by atoms with Gasteiger partial charge in [-0.15, -0.1) is 0 Å². The number of benzene rings is 2. The maximum atomic E-state index is 6.06. The minimum Gasteiger partial charge on any atom is -0.496 e. The van der Waals surface area contributed by atoms with Gasteiger partial charge in [0.1, 0.15) is 5.75 Å². The zero-order chi connectivity index (χ0) is 14.5. The van der Waals surface area contributed by atoms with Gasteiger partial charge < -0.3 is 4.74 Å². The van der Waals surface area contributed by atoms with Gasteiger partial charge in [0.05, 0.1) is 19.0 Å². The molecule has 2 rings (SSSR count). The first-order chi connectivity index (χ1) is 9.60. The molecule has 2 aromatic rings. The van der Waals surface area contributed by atoms with Crippen LogP contribution < -0.4 is 10.2 Å². The van der Waals surface area contributed by atoms with Gasteiger partial charge in [0.2, 0.25) is 0 Å². The number of hydrazone groups is 1. The molecule has 0 aliphatic heterocycles. The second-order valence-corrected chi connectivity index (χ2v) is 5.54. The van der Waals surface area contributed by atoms with E-state index in [0.717, 1.165) is 27.0 Å². The summed E-state index contributed by atoms with van der Waals surface area (Å²) in [4.78, 5) is 0. The molecule has 104 valence electrons. The number of hydrogen-bond acceptors (Lipinski definition) is 3. The third kappa shape index (κ3) is 3.74. The molecular weight excluding hydrogens is 340 g/mol. The van der Waals surface area contributed by atoms with Crippen LogP contribution in [0.2, 0.25) is 5.02 Å². The van der Waals surface area contributed by atoms with Crippen LogP contribution in [-0.2, 0) is 0 Å². The van der Waals surface area contributed by atoms with Crippen molar-refractivity contribution >= 4 is 39.4 Å². The minimum absolute atomic E-state index is 0.713. The van der Waals surface area contributed by atoms with Gasteiger partial charge in [-0.05, 0) is 42.8 Å². The topological polar surface area (TPSA) is 33.6 Å². The first-order valence-electron chi connectivity index (χ1n) is 5.99. The number of hydrogen-bond donors (Lipinski definition) is 1. The van der Waals surface area contributed by atoms with Crippen molar-refractivity contribution in [2.45, 2.75) is 6.92 Å². The van der Waals surface area contributed by atoms with Crippen molar-refractivity contribution in [3.8, 4) is 5.75 Å². The Balaban J connectivity index is 2.13. The summed E-state index contributed by atoms with van der Waals surface area (Å²) in [6.45, 7) is 1.96. The van der Waals surface area contributed by atoms with E-state index >= 15 is 0 Å². The third-order valence-corrected chi connectivity index (χ3v) is 3.66. The Labute approximate surface area is 131 Å². The fourth-order valence-electron chi connectivity index (χ4n) is 1.64. The maximum Gasteiger partial charge on any atom is 0.127 e. The van der Waals surface area contributed by atoms with Crippen molar-refractivity contribution in [2.24, 2.45) is 5.10 Å². The number of rotatable bonds is 4. The Morgan fingerprint density at radius 2 is 2.05 bits per heavy atom. The standard InChI is InChI=1S/C15H14BrClN2O/c1-10-3-5-13(8-14(10)17)19-18-9-11-7-12(16)4-6-15(11)20-2/h3-9,19H,1-2H3/b18-9-. The Morgan fingerprint density at radius 3 is 2.75 bits per heavy atom. The molecule has 0 amide bonds. The summed E-state index contributed by atoms with van der Waals surface area (Å²) in [5.41, 5.74) is 5.70. The molecule has 0 aromatic heterocycles. The second-order valence-electron chi connectivity index (χ2n) is 4.22. The van der Waals surface area contributed by atoms with Crippen LogP contribution in [0.15, 0.2) is 46.0 Å². The van der Waals surface area contributed by atoms with Crippen LogP contribution in [0.1, 0.15) is 11.1 Å². The van der Waals surface area contributed by atoms with Gasteiger partial charge >= 0.3 is 0 Å². The number of anilines is 1. The summed E-state index contributed by atoms with van der Waals surface area (Å²) in [5.74, 6) is 0.765. The van der Waals surface area contributed by atoms with Gasteiger partial charge in [0, 0.05) is 15.1 Å². The number of ether oxygens (including phenoxy) is 1. The largest absolute Gasteiger partial charge is 0.496 e. The van der Waals surface area contributed by atoms with Crippen LogP contribution in [-0.4, -0.2) is 13.3 Å². The van der Waals surface area contributed by atoms with Crippen LogP contribution >= 0.6 is 27.5 Å². The lowest BCUT2D eigenvalue weighted by atomic mass is 10.2. The first-order valence-corrected chi connectivity index (χ1v) is 7.16. The van der Waals surface area contributed by atoms with Crippen LogP contribution in [0.3, 0.4) is 0 Å². The van der Waals surface area contributed by atoms with Crippen molar-refractivity contribution in [1.82, 2.24) is 0 Å². The number of nitrogens with zero attached hydrogens (tertiary/aromatic N) is 1. The van der Waals surface area contributed by atoms with E-state index in [1.54, 1.807) is 13.3 Å². The van der Waals surface area contributed by atoms with Crippen LogP contribution in [0.5, 0.6) is 5.75 Å². The van der Waals surface area contributed by atoms with Gasteiger partial charge in [-0.25, -0.2) is 0 Å². The molecule has 0 radical (unpaired) electrons. The third-order valence-electron chi connectivity index (χ3n) is 2.76. The van der Waals surface area contributed by atoms with Crippen molar-refractivity contribution in [3.05, 3.63) is 57.0 Å². The Kier molecular flexibility index (Phi) is 5.04. The quantitative estimate of drug-likeness (QED) is 0.628. The van der Waals surface area contributed by atoms with Crippen molar-refractivity contribution in [2.75, 3.05) is 12.5 Å². The Hall–Kier alpha value is -1.52. The molecule has 3 nitrogen and oxygen atoms in total. The molecule has 0 unspecified atom stereocenters. The molecular formula is C15H14BrClN2O. The number of aryl methyl sites for hydroxylation is 1. The van der Waals surface area contributed by atoms with E-state index < -0.39 is 0 Å². The van der Waals surface area contributed by atoms with E-state index in [4.69, 9.17) is 16.3 Å². The Bertz CT molecular complexity index is 644. The van der Waals surface area contributed by atoms with Crippen molar-refractivity contribution in [1.29, 1.82) is 0 Å². The summed E-state index contributed by atoms with van der Waals surface area (Å²) in [6, 6.07) is 11.5. The highest BCUT2D eigenvalue weighted by molar-refractivity contribution is 9.10. The molecule has 0 saturated carbocycles. The van der Waals surface area contributed by atoms with Gasteiger partial charge in [-0.1, -0.05) is 33.6 Å². The monoisotopic (exact) mass is 352 g/mol. The zero-order valence-electron chi connectivity index (χ0n) is 11.2. The molecule has 0 aliphatic rings. The van der Waals surface area contributed by atoms with Gasteiger partial charge in [0.15, 0.2) is 0 Å². The summed E-state index contributed by atoms with van der Waals surface area (Å²) >= 11 is 9.48. The lowest BCUT2D eigenvalue weighted by Crippen LogP contribution is -1.94. The fourth-order valence-corrected chi connectivity index (χ4v) is 2.20. The number of methoxy groups -OCH3 is 1. The maximum absolute atomic E-state index is 6.06. The average molecular weight is 354 g/mol. The van der Waals surface area contributed by atoms with Gasteiger partial charge in [-0.3, -0.25) is 5.43 Å². The molecule has 0 spiro atoms. The van der Waals surface area contributed by atoms with Crippen LogP contribution in [0.25, 0.3) is 0 Å². The molecule has 0 bridgehead atoms. The minimum atomic E-state index is 0.713. The highest BCUT2D eigenvalue weighted by Crippen LogP contribution is 2.22. The van der Waals surface area contributed by atoms with E-state index in [0.29, 0.717) is 5.02 Å². The van der Waals surface area contributed by atoms with E-state index in [1.807, 2.05) is 43.3 Å². The second kappa shape index (κ2) is 6.77. The lowest BCUT2D eigenvalue weighted by molar-refractivity contribution is 0.414. The number of nitrogens with one attached hydrogen (secondary N) is 1. The molecule has 0 heterocycles. The molecule has 0 saturated heterocycles. The highest BCUT2D eigenvalue weighted by atomic mass is 79.9. The molecule has 1 N–H and O–H groups in total. The Morgan fingerprint density at radius 1 is 1.25 bits per heavy atom. The van der Waals surface area contributed by atoms with Gasteiger partial charge in [0.25, 0.3) is 0 Å². The fraction of sp³-hybridized carbons (Fsp3) is 0.133. The zero-order valence-corrected chi connectivity index (χ0v) is 13.5. The van der Waals surface area contributed by atoms with Gasteiger partial charge in [-0.2, -0.15) is 5.10 Å². The molecule has 2 aromatic carbocycles. The average Bonchev–Trinajstić information content (AvgIpc) is 2.43. The number of halogens is 2. The summed E-state index contributed by atoms with van der Waals surface area (Å²) < 4.78 is 6.25. The molecule has 0 atom stereocenters. The molecule has 0 fully saturated rings. The van der Waals surface area contributed by atoms with E-state index in [1.165, 1.54) is 0 Å². The van der Waals surface area contributed by atoms with Crippen molar-refractivity contribution in [3.63, 3.8) is 0 Å². The SMILES string of the molecule is COc1ccc(Br)cc1/C=N\Nc1ccc(C)c(Cl)c1. The van der Waals surface area contributed by atoms with E-state index in [2.05, 4.69) is 26.5 Å². The summed E-state index contributed by atoms with van der Waals surface area (Å²) in [5, 5.41) is 4.91. The molecule has 0 aliphatic carbocycles. The predicted octanol–water partition coefficient (Wildman–Crippen LogP) is 4.87. The van der Waals surface area contributed by atoms with E-state index in [9.17, 15) is 0 Å². The lowest BCUT2D eigenvalue weighted by Gasteiger charge is -2.05. The predicted molar refractivity (Wildman–Crippen MR) is 88.1 cm³/mol. The molecule has 20 heavy (non-hydrogen) atoms. The highest BCUT2D eigenvalue weighted by Gasteiger charge is 2.01. The normalized spacial score (nSPS) is 10.8. The molecule has 5 heteroatoms. The summed E-state index contributed by atoms with van der Waals surface area (Å²) in [6.07, 6.45) is 1.71.